The number of Topliss-reactive ketones (excluding diaryl/α,β-unsaturated/α-hetero) is 1. The van der Waals surface area contributed by atoms with Crippen LogP contribution in [0.15, 0.2) is 30.3 Å². The highest BCUT2D eigenvalue weighted by Crippen LogP contribution is 2.58. The van der Waals surface area contributed by atoms with Crippen LogP contribution in [0.25, 0.3) is 0 Å². The number of aliphatic hydroxyl groups is 1. The summed E-state index contributed by atoms with van der Waals surface area (Å²) < 4.78 is 0. The topological polar surface area (TPSA) is 60.9 Å². The van der Waals surface area contributed by atoms with Gasteiger partial charge in [0.15, 0.2) is 5.72 Å². The summed E-state index contributed by atoms with van der Waals surface area (Å²) in [5.41, 5.74) is -1.93. The molecular weight excluding hydrogens is 304 g/mol. The minimum Gasteiger partial charge on any atom is -0.368 e. The van der Waals surface area contributed by atoms with Crippen LogP contribution in [-0.2, 0) is 16.0 Å². The molecule has 1 aliphatic carbocycles. The molecule has 0 bridgehead atoms. The molecule has 24 heavy (non-hydrogen) atoms. The molecule has 130 valence electrons. The van der Waals surface area contributed by atoms with Crippen molar-refractivity contribution in [3.8, 4) is 0 Å². The zero-order chi connectivity index (χ0) is 17.8. The van der Waals surface area contributed by atoms with Crippen LogP contribution in [0.2, 0.25) is 0 Å². The molecule has 2 aliphatic rings. The molecule has 0 aromatic heterocycles. The highest BCUT2D eigenvalue weighted by atomic mass is 16.3. The van der Waals surface area contributed by atoms with Gasteiger partial charge in [0, 0.05) is 33.4 Å². The zero-order valence-corrected chi connectivity index (χ0v) is 14.9. The molecule has 0 spiro atoms. The lowest BCUT2D eigenvalue weighted by Crippen LogP contribution is -2.66. The van der Waals surface area contributed by atoms with Crippen molar-refractivity contribution >= 4 is 11.7 Å². The Bertz CT molecular complexity index is 670. The Morgan fingerprint density at radius 1 is 1.12 bits per heavy atom. The summed E-state index contributed by atoms with van der Waals surface area (Å²) in [6.45, 7) is 3.96. The Hall–Kier alpha value is -1.72. The van der Waals surface area contributed by atoms with E-state index in [0.717, 1.165) is 5.56 Å². The first-order chi connectivity index (χ1) is 11.1. The van der Waals surface area contributed by atoms with Gasteiger partial charge in [0.25, 0.3) is 0 Å². The van der Waals surface area contributed by atoms with Crippen molar-refractivity contribution in [3.63, 3.8) is 0 Å². The number of amides is 1. The van der Waals surface area contributed by atoms with Gasteiger partial charge in [-0.1, -0.05) is 44.2 Å². The lowest BCUT2D eigenvalue weighted by Gasteiger charge is -2.53. The third-order valence-electron chi connectivity index (χ3n) is 5.45. The van der Waals surface area contributed by atoms with Gasteiger partial charge >= 0.3 is 0 Å². The van der Waals surface area contributed by atoms with E-state index in [9.17, 15) is 14.7 Å². The SMILES string of the molecule is CN(C)N1C(=O)CC2(Cc3ccccc3)C(=O)CC(C)(C)CC12O. The van der Waals surface area contributed by atoms with Gasteiger partial charge in [-0.05, 0) is 17.4 Å². The second kappa shape index (κ2) is 5.39. The third-order valence-corrected chi connectivity index (χ3v) is 5.45. The van der Waals surface area contributed by atoms with Gasteiger partial charge < -0.3 is 5.11 Å². The Labute approximate surface area is 143 Å². The van der Waals surface area contributed by atoms with Gasteiger partial charge in [0.1, 0.15) is 5.78 Å². The largest absolute Gasteiger partial charge is 0.368 e. The van der Waals surface area contributed by atoms with Crippen molar-refractivity contribution in [1.82, 2.24) is 10.0 Å². The van der Waals surface area contributed by atoms with Crippen LogP contribution in [0.4, 0.5) is 0 Å². The Balaban J connectivity index is 2.13. The summed E-state index contributed by atoms with van der Waals surface area (Å²) >= 11 is 0. The second-order valence-electron chi connectivity index (χ2n) is 8.23. The van der Waals surface area contributed by atoms with Gasteiger partial charge in [-0.15, -0.1) is 0 Å². The molecule has 1 aliphatic heterocycles. The summed E-state index contributed by atoms with van der Waals surface area (Å²) in [5, 5.41) is 14.7. The van der Waals surface area contributed by atoms with Gasteiger partial charge in [-0.25, -0.2) is 10.0 Å². The van der Waals surface area contributed by atoms with Gasteiger partial charge in [-0.2, -0.15) is 0 Å². The predicted octanol–water partition coefficient (Wildman–Crippen LogP) is 2.00. The average Bonchev–Trinajstić information content (AvgIpc) is 2.66. The number of fused-ring (bicyclic) bond motifs is 1. The highest BCUT2D eigenvalue weighted by Gasteiger charge is 2.70. The Morgan fingerprint density at radius 2 is 1.75 bits per heavy atom. The fourth-order valence-corrected chi connectivity index (χ4v) is 4.58. The lowest BCUT2D eigenvalue weighted by molar-refractivity contribution is -0.239. The van der Waals surface area contributed by atoms with E-state index in [1.807, 2.05) is 44.2 Å². The van der Waals surface area contributed by atoms with E-state index >= 15 is 0 Å². The number of hydrogen-bond acceptors (Lipinski definition) is 4. The van der Waals surface area contributed by atoms with Crippen LogP contribution in [0.5, 0.6) is 0 Å². The number of benzene rings is 1. The third kappa shape index (κ3) is 2.38. The number of carbonyl (C=O) groups is 2. The van der Waals surface area contributed by atoms with Crippen LogP contribution in [0.1, 0.15) is 38.7 Å². The van der Waals surface area contributed by atoms with Crippen LogP contribution in [0, 0.1) is 10.8 Å². The molecule has 5 nitrogen and oxygen atoms in total. The number of hydrazine groups is 1. The number of hydrogen-bond donors (Lipinski definition) is 1. The maximum Gasteiger partial charge on any atom is 0.240 e. The zero-order valence-electron chi connectivity index (χ0n) is 14.9. The molecule has 1 heterocycles. The van der Waals surface area contributed by atoms with Crippen molar-refractivity contribution in [2.75, 3.05) is 14.1 Å². The molecule has 1 amide bonds. The average molecular weight is 330 g/mol. The Morgan fingerprint density at radius 3 is 2.33 bits per heavy atom. The van der Waals surface area contributed by atoms with Gasteiger partial charge in [0.2, 0.25) is 5.91 Å². The summed E-state index contributed by atoms with van der Waals surface area (Å²) in [4.78, 5) is 25.9. The summed E-state index contributed by atoms with van der Waals surface area (Å²) in [6, 6.07) is 9.66. The van der Waals surface area contributed by atoms with E-state index in [-0.39, 0.29) is 23.5 Å². The molecule has 1 aromatic rings. The quantitative estimate of drug-likeness (QED) is 0.921. The van der Waals surface area contributed by atoms with Crippen LogP contribution in [-0.4, -0.2) is 46.6 Å². The maximum atomic E-state index is 13.2. The molecule has 2 fully saturated rings. The molecule has 3 rings (SSSR count). The molecule has 2 atom stereocenters. The van der Waals surface area contributed by atoms with Crippen LogP contribution >= 0.6 is 0 Å². The first-order valence-corrected chi connectivity index (χ1v) is 8.41. The predicted molar refractivity (Wildman–Crippen MR) is 90.7 cm³/mol. The maximum absolute atomic E-state index is 13.2. The van der Waals surface area contributed by atoms with Crippen LogP contribution < -0.4 is 0 Å². The van der Waals surface area contributed by atoms with Crippen molar-refractivity contribution in [3.05, 3.63) is 35.9 Å². The molecule has 1 saturated carbocycles. The fraction of sp³-hybridized carbons (Fsp3) is 0.579. The molecule has 2 unspecified atom stereocenters. The minimum atomic E-state index is -1.48. The number of carbonyl (C=O) groups excluding carboxylic acids is 2. The summed E-state index contributed by atoms with van der Waals surface area (Å²) in [6.07, 6.45) is 1.22. The number of nitrogens with zero attached hydrogens (tertiary/aromatic N) is 2. The lowest BCUT2D eigenvalue weighted by atomic mass is 9.57. The van der Waals surface area contributed by atoms with Gasteiger partial charge in [-0.3, -0.25) is 9.59 Å². The number of rotatable bonds is 3. The van der Waals surface area contributed by atoms with E-state index in [0.29, 0.717) is 19.3 Å². The van der Waals surface area contributed by atoms with E-state index in [2.05, 4.69) is 0 Å². The molecule has 0 radical (unpaired) electrons. The monoisotopic (exact) mass is 330 g/mol. The molecular formula is C19H26N2O3. The fourth-order valence-electron chi connectivity index (χ4n) is 4.58. The van der Waals surface area contributed by atoms with Crippen molar-refractivity contribution in [1.29, 1.82) is 0 Å². The normalized spacial score (nSPS) is 32.3. The van der Waals surface area contributed by atoms with E-state index in [4.69, 9.17) is 0 Å². The molecule has 1 saturated heterocycles. The van der Waals surface area contributed by atoms with Crippen molar-refractivity contribution < 1.29 is 14.7 Å². The second-order valence-corrected chi connectivity index (χ2v) is 8.23. The van der Waals surface area contributed by atoms with E-state index in [1.54, 1.807) is 19.1 Å². The van der Waals surface area contributed by atoms with E-state index in [1.165, 1.54) is 5.01 Å². The molecule has 1 N–H and O–H groups in total. The van der Waals surface area contributed by atoms with Gasteiger partial charge in [0.05, 0.1) is 5.41 Å². The smallest absolute Gasteiger partial charge is 0.240 e. The Kier molecular flexibility index (Phi) is 3.85. The van der Waals surface area contributed by atoms with Crippen molar-refractivity contribution in [2.24, 2.45) is 10.8 Å². The van der Waals surface area contributed by atoms with Crippen molar-refractivity contribution in [2.45, 2.75) is 45.3 Å². The standard InChI is InChI=1S/C19H26N2O3/c1-17(2)11-15(22)18(10-14-8-6-5-7-9-14)12-16(23)21(20(3)4)19(18,24)13-17/h5-9,24H,10-13H2,1-4H3. The number of ketones is 1. The summed E-state index contributed by atoms with van der Waals surface area (Å²) in [7, 11) is 3.47. The van der Waals surface area contributed by atoms with Crippen LogP contribution in [0.3, 0.4) is 0 Å². The molecule has 5 heteroatoms. The highest BCUT2D eigenvalue weighted by molar-refractivity contribution is 5.96. The first kappa shape index (κ1) is 17.1. The molecule has 1 aromatic carbocycles. The van der Waals surface area contributed by atoms with E-state index < -0.39 is 11.1 Å². The first-order valence-electron chi connectivity index (χ1n) is 8.41. The minimum absolute atomic E-state index is 0.0113. The summed E-state index contributed by atoms with van der Waals surface area (Å²) in [5.74, 6) is -0.202.